The monoisotopic (exact) mass is 282 g/mol. The van der Waals surface area contributed by atoms with Crippen LogP contribution in [0.1, 0.15) is 45.6 Å². The Bertz CT molecular complexity index is 444. The molecule has 0 aliphatic heterocycles. The minimum Gasteiger partial charge on any atom is -0.324 e. The Labute approximate surface area is 121 Å². The lowest BCUT2D eigenvalue weighted by Gasteiger charge is -2.36. The molecule has 19 heavy (non-hydrogen) atoms. The molecule has 0 aromatic heterocycles. The summed E-state index contributed by atoms with van der Waals surface area (Å²) in [7, 11) is 0. The fraction of sp³-hybridized carbons (Fsp3) is 0.533. The normalized spacial score (nSPS) is 17.1. The van der Waals surface area contributed by atoms with E-state index in [-0.39, 0.29) is 23.7 Å². The summed E-state index contributed by atoms with van der Waals surface area (Å²) in [6.45, 7) is 6.51. The average Bonchev–Trinajstić information content (AvgIpc) is 2.25. The standard InChI is InChI=1S/C15H22N2O.ClH/c1-14(2,3)11-5-7-12(8-6-11)17-13(18)15(16)9-4-10-15;/h5-8H,4,9-10,16H2,1-3H3,(H,17,18);1H. The van der Waals surface area contributed by atoms with Crippen molar-refractivity contribution in [2.45, 2.75) is 51.0 Å². The maximum absolute atomic E-state index is 12.0. The van der Waals surface area contributed by atoms with E-state index < -0.39 is 5.54 Å². The van der Waals surface area contributed by atoms with Gasteiger partial charge in [0.1, 0.15) is 0 Å². The van der Waals surface area contributed by atoms with Gasteiger partial charge in [0.15, 0.2) is 0 Å². The molecule has 1 aromatic rings. The highest BCUT2D eigenvalue weighted by molar-refractivity contribution is 5.98. The molecule has 1 aromatic carbocycles. The van der Waals surface area contributed by atoms with Gasteiger partial charge in [-0.05, 0) is 42.4 Å². The average molecular weight is 283 g/mol. The molecule has 0 saturated heterocycles. The van der Waals surface area contributed by atoms with E-state index in [4.69, 9.17) is 5.73 Å². The molecule has 0 spiro atoms. The second-order valence-corrected chi connectivity index (χ2v) is 6.29. The first kappa shape index (κ1) is 16.0. The fourth-order valence-electron chi connectivity index (χ4n) is 2.09. The second kappa shape index (κ2) is 5.51. The highest BCUT2D eigenvalue weighted by Crippen LogP contribution is 2.30. The van der Waals surface area contributed by atoms with Crippen LogP contribution in [0.25, 0.3) is 0 Å². The summed E-state index contributed by atoms with van der Waals surface area (Å²) >= 11 is 0. The third kappa shape index (κ3) is 3.48. The molecule has 1 fully saturated rings. The molecule has 106 valence electrons. The number of hydrogen-bond donors (Lipinski definition) is 2. The maximum Gasteiger partial charge on any atom is 0.244 e. The number of benzene rings is 1. The van der Waals surface area contributed by atoms with Crippen LogP contribution >= 0.6 is 12.4 Å². The Morgan fingerprint density at radius 3 is 2.11 bits per heavy atom. The van der Waals surface area contributed by atoms with E-state index in [9.17, 15) is 4.79 Å². The second-order valence-electron chi connectivity index (χ2n) is 6.29. The zero-order valence-electron chi connectivity index (χ0n) is 11.8. The minimum absolute atomic E-state index is 0. The summed E-state index contributed by atoms with van der Waals surface area (Å²) in [5.41, 5.74) is 7.56. The van der Waals surface area contributed by atoms with E-state index >= 15 is 0 Å². The van der Waals surface area contributed by atoms with Gasteiger partial charge < -0.3 is 11.1 Å². The largest absolute Gasteiger partial charge is 0.324 e. The lowest BCUT2D eigenvalue weighted by atomic mass is 9.77. The summed E-state index contributed by atoms with van der Waals surface area (Å²) < 4.78 is 0. The van der Waals surface area contributed by atoms with Gasteiger partial charge in [0.05, 0.1) is 5.54 Å². The molecule has 3 N–H and O–H groups in total. The lowest BCUT2D eigenvalue weighted by Crippen LogP contribution is -2.56. The van der Waals surface area contributed by atoms with Crippen molar-refractivity contribution in [3.05, 3.63) is 29.8 Å². The molecule has 0 bridgehead atoms. The van der Waals surface area contributed by atoms with Crippen molar-refractivity contribution < 1.29 is 4.79 Å². The zero-order chi connectivity index (χ0) is 13.4. The van der Waals surface area contributed by atoms with Gasteiger partial charge in [0.2, 0.25) is 5.91 Å². The highest BCUT2D eigenvalue weighted by Gasteiger charge is 2.40. The molecule has 0 unspecified atom stereocenters. The van der Waals surface area contributed by atoms with Crippen molar-refractivity contribution in [3.63, 3.8) is 0 Å². The predicted octanol–water partition coefficient (Wildman–Crippen LogP) is 3.23. The SMILES string of the molecule is CC(C)(C)c1ccc(NC(=O)C2(N)CCC2)cc1.Cl. The van der Waals surface area contributed by atoms with Gasteiger partial charge in [-0.25, -0.2) is 0 Å². The molecule has 1 amide bonds. The number of amides is 1. The van der Waals surface area contributed by atoms with Crippen LogP contribution in [0.4, 0.5) is 5.69 Å². The Kier molecular flexibility index (Phi) is 4.64. The van der Waals surface area contributed by atoms with Gasteiger partial charge in [-0.2, -0.15) is 0 Å². The van der Waals surface area contributed by atoms with Crippen LogP contribution in [-0.4, -0.2) is 11.4 Å². The molecule has 2 rings (SSSR count). The lowest BCUT2D eigenvalue weighted by molar-refractivity contribution is -0.123. The third-order valence-corrected chi connectivity index (χ3v) is 3.71. The van der Waals surface area contributed by atoms with Gasteiger partial charge in [-0.15, -0.1) is 12.4 Å². The molecule has 0 atom stereocenters. The van der Waals surface area contributed by atoms with Crippen LogP contribution < -0.4 is 11.1 Å². The van der Waals surface area contributed by atoms with Crippen LogP contribution in [0.3, 0.4) is 0 Å². The van der Waals surface area contributed by atoms with Gasteiger partial charge in [-0.3, -0.25) is 4.79 Å². The summed E-state index contributed by atoms with van der Waals surface area (Å²) in [4.78, 5) is 12.0. The number of rotatable bonds is 2. The molecule has 1 aliphatic carbocycles. The summed E-state index contributed by atoms with van der Waals surface area (Å²) in [6.07, 6.45) is 2.63. The van der Waals surface area contributed by atoms with Crippen molar-refractivity contribution in [3.8, 4) is 0 Å². The number of carbonyl (C=O) groups excluding carboxylic acids is 1. The fourth-order valence-corrected chi connectivity index (χ4v) is 2.09. The number of anilines is 1. The van der Waals surface area contributed by atoms with Crippen LogP contribution in [0.2, 0.25) is 0 Å². The predicted molar refractivity (Wildman–Crippen MR) is 81.8 cm³/mol. The van der Waals surface area contributed by atoms with E-state index in [1.807, 2.05) is 12.1 Å². The van der Waals surface area contributed by atoms with Crippen molar-refractivity contribution in [2.24, 2.45) is 5.73 Å². The van der Waals surface area contributed by atoms with Gasteiger partial charge in [0.25, 0.3) is 0 Å². The smallest absolute Gasteiger partial charge is 0.244 e. The van der Waals surface area contributed by atoms with E-state index in [1.54, 1.807) is 0 Å². The number of nitrogens with one attached hydrogen (secondary N) is 1. The molecular formula is C15H23ClN2O. The molecule has 0 radical (unpaired) electrons. The van der Waals surface area contributed by atoms with Crippen molar-refractivity contribution in [2.75, 3.05) is 5.32 Å². The van der Waals surface area contributed by atoms with Crippen molar-refractivity contribution in [1.29, 1.82) is 0 Å². The minimum atomic E-state index is -0.636. The molecule has 4 heteroatoms. The van der Waals surface area contributed by atoms with Crippen LogP contribution in [0.15, 0.2) is 24.3 Å². The van der Waals surface area contributed by atoms with Crippen molar-refractivity contribution in [1.82, 2.24) is 0 Å². The van der Waals surface area contributed by atoms with E-state index in [1.165, 1.54) is 5.56 Å². The van der Waals surface area contributed by atoms with Crippen LogP contribution in [-0.2, 0) is 10.2 Å². The van der Waals surface area contributed by atoms with E-state index in [2.05, 4.69) is 38.2 Å². The first-order valence-corrected chi connectivity index (χ1v) is 6.52. The number of hydrogen-bond acceptors (Lipinski definition) is 2. The third-order valence-electron chi connectivity index (χ3n) is 3.71. The van der Waals surface area contributed by atoms with E-state index in [0.29, 0.717) is 0 Å². The molecular weight excluding hydrogens is 260 g/mol. The van der Waals surface area contributed by atoms with Gasteiger partial charge in [-0.1, -0.05) is 32.9 Å². The van der Waals surface area contributed by atoms with Crippen LogP contribution in [0, 0.1) is 0 Å². The Morgan fingerprint density at radius 1 is 1.21 bits per heavy atom. The quantitative estimate of drug-likeness (QED) is 0.875. The molecule has 1 saturated carbocycles. The summed E-state index contributed by atoms with van der Waals surface area (Å²) in [5, 5.41) is 2.90. The Hall–Kier alpha value is -1.06. The zero-order valence-corrected chi connectivity index (χ0v) is 12.6. The Morgan fingerprint density at radius 2 is 1.74 bits per heavy atom. The topological polar surface area (TPSA) is 55.1 Å². The number of nitrogens with two attached hydrogens (primary N) is 1. The van der Waals surface area contributed by atoms with E-state index in [0.717, 1.165) is 24.9 Å². The first-order valence-electron chi connectivity index (χ1n) is 6.52. The van der Waals surface area contributed by atoms with Gasteiger partial charge in [0, 0.05) is 5.69 Å². The summed E-state index contributed by atoms with van der Waals surface area (Å²) in [5.74, 6) is -0.0581. The maximum atomic E-state index is 12.0. The van der Waals surface area contributed by atoms with Crippen LogP contribution in [0.5, 0.6) is 0 Å². The number of halogens is 1. The summed E-state index contributed by atoms with van der Waals surface area (Å²) in [6, 6.07) is 8.00. The first-order chi connectivity index (χ1) is 8.31. The molecule has 3 nitrogen and oxygen atoms in total. The van der Waals surface area contributed by atoms with Gasteiger partial charge >= 0.3 is 0 Å². The Balaban J connectivity index is 0.00000180. The number of carbonyl (C=O) groups is 1. The molecule has 1 aliphatic rings. The highest BCUT2D eigenvalue weighted by atomic mass is 35.5. The van der Waals surface area contributed by atoms with Crippen molar-refractivity contribution >= 4 is 24.0 Å². The molecule has 0 heterocycles.